The molecule has 178 valence electrons. The number of piperidine rings is 1. The van der Waals surface area contributed by atoms with E-state index in [1.54, 1.807) is 11.8 Å². The molecule has 8 heteroatoms. The van der Waals surface area contributed by atoms with E-state index in [2.05, 4.69) is 16.9 Å². The largest absolute Gasteiger partial charge is 0.449 e. The maximum atomic E-state index is 12.7. The molecule has 1 fully saturated rings. The van der Waals surface area contributed by atoms with E-state index in [0.717, 1.165) is 19.3 Å². The molecule has 33 heavy (non-hydrogen) atoms. The first-order chi connectivity index (χ1) is 15.7. The molecule has 1 saturated heterocycles. The van der Waals surface area contributed by atoms with Gasteiger partial charge in [-0.25, -0.2) is 4.79 Å². The number of carbonyl (C=O) groups excluding carboxylic acids is 2. The van der Waals surface area contributed by atoms with Crippen LogP contribution in [0.2, 0.25) is 0 Å². The zero-order valence-corrected chi connectivity index (χ0v) is 18.5. The number of benzene rings is 2. The van der Waals surface area contributed by atoms with Crippen molar-refractivity contribution in [3.63, 3.8) is 0 Å². The van der Waals surface area contributed by atoms with Gasteiger partial charge >= 0.3 is 12.1 Å². The van der Waals surface area contributed by atoms with Crippen molar-refractivity contribution in [2.45, 2.75) is 45.1 Å². The smallest absolute Gasteiger partial charge is 0.411 e. The average molecular weight is 463 g/mol. The van der Waals surface area contributed by atoms with Gasteiger partial charge in [-0.2, -0.15) is 13.2 Å². The third-order valence-corrected chi connectivity index (χ3v) is 5.65. The summed E-state index contributed by atoms with van der Waals surface area (Å²) in [5, 5.41) is 0. The van der Waals surface area contributed by atoms with E-state index in [-0.39, 0.29) is 18.1 Å². The third-order valence-electron chi connectivity index (χ3n) is 5.65. The van der Waals surface area contributed by atoms with Gasteiger partial charge in [0.2, 0.25) is 0 Å². The van der Waals surface area contributed by atoms with E-state index in [4.69, 9.17) is 4.74 Å². The number of ether oxygens (including phenoxy) is 2. The van der Waals surface area contributed by atoms with E-state index >= 15 is 0 Å². The van der Waals surface area contributed by atoms with E-state index in [0.29, 0.717) is 24.6 Å². The fourth-order valence-corrected chi connectivity index (χ4v) is 3.86. The van der Waals surface area contributed by atoms with Crippen molar-refractivity contribution >= 4 is 11.9 Å². The van der Waals surface area contributed by atoms with Crippen LogP contribution in [-0.2, 0) is 27.3 Å². The molecule has 0 N–H and O–H groups in total. The quantitative estimate of drug-likeness (QED) is 0.528. The Morgan fingerprint density at radius 3 is 2.24 bits per heavy atom. The summed E-state index contributed by atoms with van der Waals surface area (Å²) in [7, 11) is 0. The number of rotatable bonds is 8. The standard InChI is InChI=1S/C25H28F3NO4/c1-18(23(30)29-13-11-20(12-14-29)15-19-5-3-2-4-6-19)33-24(31)22-9-7-21(8-10-22)16-32-17-25(26,27)28/h2-10,18,20H,11-17H2,1H3. The van der Waals surface area contributed by atoms with Crippen LogP contribution in [0.5, 0.6) is 0 Å². The molecule has 2 aromatic rings. The Bertz CT molecular complexity index is 907. The molecule has 1 aliphatic rings. The molecule has 0 aromatic heterocycles. The summed E-state index contributed by atoms with van der Waals surface area (Å²) in [6, 6.07) is 16.2. The topological polar surface area (TPSA) is 55.8 Å². The van der Waals surface area contributed by atoms with Crippen LogP contribution in [0.15, 0.2) is 54.6 Å². The van der Waals surface area contributed by atoms with Crippen LogP contribution >= 0.6 is 0 Å². The Balaban J connectivity index is 1.43. The summed E-state index contributed by atoms with van der Waals surface area (Å²) in [6.07, 6.45) is -2.51. The summed E-state index contributed by atoms with van der Waals surface area (Å²) in [5.74, 6) is -0.357. The second kappa shape index (κ2) is 11.3. The van der Waals surface area contributed by atoms with Gasteiger partial charge in [-0.1, -0.05) is 42.5 Å². The van der Waals surface area contributed by atoms with Crippen LogP contribution in [0, 0.1) is 5.92 Å². The highest BCUT2D eigenvalue weighted by Gasteiger charge is 2.29. The molecular weight excluding hydrogens is 435 g/mol. The number of esters is 1. The van der Waals surface area contributed by atoms with Gasteiger partial charge in [0, 0.05) is 13.1 Å². The predicted octanol–water partition coefficient (Wildman–Crippen LogP) is 4.79. The van der Waals surface area contributed by atoms with Crippen LogP contribution in [-0.4, -0.2) is 48.8 Å². The second-order valence-electron chi connectivity index (χ2n) is 8.31. The normalized spacial score (nSPS) is 15.8. The Morgan fingerprint density at radius 2 is 1.64 bits per heavy atom. The van der Waals surface area contributed by atoms with Crippen molar-refractivity contribution in [1.82, 2.24) is 4.90 Å². The van der Waals surface area contributed by atoms with Gasteiger partial charge in [0.25, 0.3) is 5.91 Å². The predicted molar refractivity (Wildman–Crippen MR) is 116 cm³/mol. The summed E-state index contributed by atoms with van der Waals surface area (Å²) in [5.41, 5.74) is 2.01. The van der Waals surface area contributed by atoms with E-state index in [9.17, 15) is 22.8 Å². The fraction of sp³-hybridized carbons (Fsp3) is 0.440. The van der Waals surface area contributed by atoms with E-state index in [1.807, 2.05) is 18.2 Å². The first-order valence-electron chi connectivity index (χ1n) is 11.0. The highest BCUT2D eigenvalue weighted by molar-refractivity contribution is 5.92. The highest BCUT2D eigenvalue weighted by atomic mass is 19.4. The first-order valence-corrected chi connectivity index (χ1v) is 11.0. The molecule has 1 atom stereocenters. The van der Waals surface area contributed by atoms with Crippen LogP contribution in [0.3, 0.4) is 0 Å². The van der Waals surface area contributed by atoms with Gasteiger partial charge in [-0.05, 0) is 55.4 Å². The molecule has 1 aliphatic heterocycles. The summed E-state index contributed by atoms with van der Waals surface area (Å²) < 4.78 is 46.3. The lowest BCUT2D eigenvalue weighted by atomic mass is 9.90. The lowest BCUT2D eigenvalue weighted by molar-refractivity contribution is -0.176. The number of nitrogens with zero attached hydrogens (tertiary/aromatic N) is 1. The molecule has 1 unspecified atom stereocenters. The number of alkyl halides is 3. The van der Waals surface area contributed by atoms with Crippen molar-refractivity contribution in [2.75, 3.05) is 19.7 Å². The maximum absolute atomic E-state index is 12.7. The van der Waals surface area contributed by atoms with E-state index in [1.165, 1.54) is 29.8 Å². The molecule has 3 rings (SSSR count). The average Bonchev–Trinajstić information content (AvgIpc) is 2.79. The molecule has 0 radical (unpaired) electrons. The molecule has 0 bridgehead atoms. The molecule has 0 aliphatic carbocycles. The number of hydrogen-bond acceptors (Lipinski definition) is 4. The van der Waals surface area contributed by atoms with Gasteiger partial charge in [-0.15, -0.1) is 0 Å². The number of halogens is 3. The van der Waals surface area contributed by atoms with Crippen LogP contribution in [0.25, 0.3) is 0 Å². The monoisotopic (exact) mass is 463 g/mol. The number of carbonyl (C=O) groups is 2. The molecule has 0 saturated carbocycles. The van der Waals surface area contributed by atoms with Gasteiger partial charge in [-0.3, -0.25) is 4.79 Å². The second-order valence-corrected chi connectivity index (χ2v) is 8.31. The number of likely N-dealkylation sites (tertiary alicyclic amines) is 1. The van der Waals surface area contributed by atoms with Crippen molar-refractivity contribution in [1.29, 1.82) is 0 Å². The minimum atomic E-state index is -4.39. The molecular formula is C25H28F3NO4. The summed E-state index contributed by atoms with van der Waals surface area (Å²) in [6.45, 7) is 1.26. The van der Waals surface area contributed by atoms with Crippen LogP contribution in [0.4, 0.5) is 13.2 Å². The molecule has 2 aromatic carbocycles. The lowest BCUT2D eigenvalue weighted by Gasteiger charge is -2.33. The van der Waals surface area contributed by atoms with Gasteiger partial charge in [0.05, 0.1) is 12.2 Å². The first kappa shape index (κ1) is 24.8. The van der Waals surface area contributed by atoms with E-state index < -0.39 is 24.9 Å². The zero-order chi connectivity index (χ0) is 23.8. The summed E-state index contributed by atoms with van der Waals surface area (Å²) in [4.78, 5) is 26.8. The van der Waals surface area contributed by atoms with Gasteiger partial charge in [0.1, 0.15) is 6.61 Å². The number of amides is 1. The van der Waals surface area contributed by atoms with Crippen molar-refractivity contribution in [3.05, 3.63) is 71.3 Å². The fourth-order valence-electron chi connectivity index (χ4n) is 3.86. The third kappa shape index (κ3) is 7.89. The minimum absolute atomic E-state index is 0.218. The Hall–Kier alpha value is -2.87. The van der Waals surface area contributed by atoms with Crippen molar-refractivity contribution < 1.29 is 32.2 Å². The SMILES string of the molecule is CC(OC(=O)c1ccc(COCC(F)(F)F)cc1)C(=O)N1CCC(Cc2ccccc2)CC1. The molecule has 0 spiro atoms. The van der Waals surface area contributed by atoms with Crippen LogP contribution in [0.1, 0.15) is 41.3 Å². The molecule has 5 nitrogen and oxygen atoms in total. The molecule has 1 heterocycles. The highest BCUT2D eigenvalue weighted by Crippen LogP contribution is 2.22. The minimum Gasteiger partial charge on any atom is -0.449 e. The molecule has 1 amide bonds. The Labute approximate surface area is 191 Å². The summed E-state index contributed by atoms with van der Waals surface area (Å²) >= 11 is 0. The van der Waals surface area contributed by atoms with Crippen molar-refractivity contribution in [3.8, 4) is 0 Å². The maximum Gasteiger partial charge on any atom is 0.411 e. The van der Waals surface area contributed by atoms with Crippen LogP contribution < -0.4 is 0 Å². The van der Waals surface area contributed by atoms with Crippen molar-refractivity contribution in [2.24, 2.45) is 5.92 Å². The Morgan fingerprint density at radius 1 is 1.00 bits per heavy atom. The Kier molecular flexibility index (Phi) is 8.49. The van der Waals surface area contributed by atoms with Gasteiger partial charge in [0.15, 0.2) is 6.10 Å². The lowest BCUT2D eigenvalue weighted by Crippen LogP contribution is -2.44. The van der Waals surface area contributed by atoms with Gasteiger partial charge < -0.3 is 14.4 Å². The zero-order valence-electron chi connectivity index (χ0n) is 18.5. The number of hydrogen-bond donors (Lipinski definition) is 0.